The Balaban J connectivity index is 2.08. The number of hydrogen-bond acceptors (Lipinski definition) is 4. The van der Waals surface area contributed by atoms with Crippen LogP contribution in [0.2, 0.25) is 5.15 Å². The van der Waals surface area contributed by atoms with Gasteiger partial charge >= 0.3 is 0 Å². The quantitative estimate of drug-likeness (QED) is 0.636. The number of aryl methyl sites for hydroxylation is 1. The van der Waals surface area contributed by atoms with E-state index in [2.05, 4.69) is 35.1 Å². The molecule has 112 valence electrons. The monoisotopic (exact) mass is 322 g/mol. The van der Waals surface area contributed by atoms with Crippen LogP contribution >= 0.6 is 23.4 Å². The van der Waals surface area contributed by atoms with E-state index in [0.29, 0.717) is 11.1 Å². The van der Waals surface area contributed by atoms with Gasteiger partial charge in [-0.2, -0.15) is 0 Å². The summed E-state index contributed by atoms with van der Waals surface area (Å²) in [5.74, 6) is 2.70. The molecule has 1 saturated carbocycles. The van der Waals surface area contributed by atoms with Crippen molar-refractivity contribution in [3.63, 3.8) is 0 Å². The van der Waals surface area contributed by atoms with Crippen molar-refractivity contribution in [3.8, 4) is 0 Å². The predicted octanol–water partition coefficient (Wildman–Crippen LogP) is 3.69. The Bertz CT molecular complexity index is 649. The van der Waals surface area contributed by atoms with E-state index in [1.54, 1.807) is 18.1 Å². The largest absolute Gasteiger partial charge is 0.320 e. The minimum atomic E-state index is -0.0691. The van der Waals surface area contributed by atoms with Gasteiger partial charge in [-0.1, -0.05) is 25.4 Å². The molecule has 0 spiro atoms. The fourth-order valence-electron chi connectivity index (χ4n) is 3.36. The topological polar surface area (TPSA) is 43.6 Å². The van der Waals surface area contributed by atoms with Gasteiger partial charge in [-0.15, -0.1) is 22.0 Å². The van der Waals surface area contributed by atoms with Gasteiger partial charge < -0.3 is 4.57 Å². The molecular formula is C15H19ClN4S. The standard InChI is InChI=1S/C15H19ClN4S/c1-4-21-13-6-11(5-12(16)18-13)15(7-10(2)8-15)14-19-17-9-20(14)3/h5-6,9-10H,4,7-8H2,1-3H3. The van der Waals surface area contributed by atoms with Crippen molar-refractivity contribution < 1.29 is 0 Å². The molecule has 0 aliphatic heterocycles. The summed E-state index contributed by atoms with van der Waals surface area (Å²) in [6.45, 7) is 4.40. The molecule has 0 radical (unpaired) electrons. The number of halogens is 1. The molecule has 1 aliphatic rings. The molecule has 0 atom stereocenters. The summed E-state index contributed by atoms with van der Waals surface area (Å²) in [6, 6.07) is 4.16. The Morgan fingerprint density at radius 1 is 1.43 bits per heavy atom. The van der Waals surface area contributed by atoms with E-state index in [-0.39, 0.29) is 5.41 Å². The van der Waals surface area contributed by atoms with Gasteiger partial charge in [0.15, 0.2) is 0 Å². The minimum absolute atomic E-state index is 0.0691. The molecule has 2 aromatic heterocycles. The van der Waals surface area contributed by atoms with Crippen LogP contribution in [0.15, 0.2) is 23.5 Å². The molecule has 2 aromatic rings. The first kappa shape index (κ1) is 14.9. The molecule has 21 heavy (non-hydrogen) atoms. The number of pyridine rings is 1. The number of nitrogens with zero attached hydrogens (tertiary/aromatic N) is 4. The summed E-state index contributed by atoms with van der Waals surface area (Å²) in [5.41, 5.74) is 1.15. The van der Waals surface area contributed by atoms with Crippen LogP contribution in [0.25, 0.3) is 0 Å². The molecule has 0 amide bonds. The first-order valence-electron chi connectivity index (χ1n) is 7.20. The Labute approximate surface area is 134 Å². The summed E-state index contributed by atoms with van der Waals surface area (Å²) >= 11 is 7.96. The lowest BCUT2D eigenvalue weighted by atomic mass is 9.59. The van der Waals surface area contributed by atoms with Crippen molar-refractivity contribution in [3.05, 3.63) is 35.0 Å². The molecule has 6 heteroatoms. The molecule has 3 rings (SSSR count). The van der Waals surface area contributed by atoms with Crippen LogP contribution in [0.4, 0.5) is 0 Å². The molecule has 0 N–H and O–H groups in total. The fourth-order valence-corrected chi connectivity index (χ4v) is 4.29. The Morgan fingerprint density at radius 2 is 2.19 bits per heavy atom. The van der Waals surface area contributed by atoms with E-state index >= 15 is 0 Å². The molecule has 2 heterocycles. The van der Waals surface area contributed by atoms with Gasteiger partial charge in [-0.05, 0) is 42.2 Å². The van der Waals surface area contributed by atoms with E-state index in [9.17, 15) is 0 Å². The maximum atomic E-state index is 6.24. The van der Waals surface area contributed by atoms with Gasteiger partial charge in [0, 0.05) is 7.05 Å². The van der Waals surface area contributed by atoms with Crippen molar-refractivity contribution in [2.75, 3.05) is 5.75 Å². The summed E-state index contributed by atoms with van der Waals surface area (Å²) in [7, 11) is 2.00. The van der Waals surface area contributed by atoms with Crippen LogP contribution in [-0.2, 0) is 12.5 Å². The van der Waals surface area contributed by atoms with E-state index in [1.807, 2.05) is 17.7 Å². The zero-order chi connectivity index (χ0) is 15.0. The van der Waals surface area contributed by atoms with Crippen molar-refractivity contribution in [1.29, 1.82) is 0 Å². The van der Waals surface area contributed by atoms with Gasteiger partial charge in [0.25, 0.3) is 0 Å². The van der Waals surface area contributed by atoms with Gasteiger partial charge in [-0.25, -0.2) is 4.98 Å². The third-order valence-corrected chi connectivity index (χ3v) is 5.14. The third kappa shape index (κ3) is 2.57. The maximum absolute atomic E-state index is 6.24. The zero-order valence-corrected chi connectivity index (χ0v) is 14.1. The Kier molecular flexibility index (Phi) is 3.97. The smallest absolute Gasteiger partial charge is 0.143 e. The number of thioether (sulfide) groups is 1. The SMILES string of the molecule is CCSc1cc(C2(c3nncn3C)CC(C)C2)cc(Cl)n1. The van der Waals surface area contributed by atoms with E-state index in [1.165, 1.54) is 5.56 Å². The Morgan fingerprint density at radius 3 is 2.76 bits per heavy atom. The molecule has 1 aliphatic carbocycles. The van der Waals surface area contributed by atoms with Crippen molar-refractivity contribution in [2.45, 2.75) is 37.1 Å². The normalized spacial score (nSPS) is 24.9. The van der Waals surface area contributed by atoms with Gasteiger partial charge in [0.2, 0.25) is 0 Å². The van der Waals surface area contributed by atoms with E-state index < -0.39 is 0 Å². The third-order valence-electron chi connectivity index (χ3n) is 4.15. The fraction of sp³-hybridized carbons (Fsp3) is 0.533. The molecule has 0 saturated heterocycles. The minimum Gasteiger partial charge on any atom is -0.320 e. The predicted molar refractivity (Wildman–Crippen MR) is 85.8 cm³/mol. The van der Waals surface area contributed by atoms with Crippen LogP contribution in [0.1, 0.15) is 38.1 Å². The number of hydrogen-bond donors (Lipinski definition) is 0. The molecule has 0 unspecified atom stereocenters. The highest BCUT2D eigenvalue weighted by Crippen LogP contribution is 2.52. The second-order valence-electron chi connectivity index (χ2n) is 5.81. The molecular weight excluding hydrogens is 304 g/mol. The highest BCUT2D eigenvalue weighted by Gasteiger charge is 2.48. The Hall–Kier alpha value is -1.07. The molecule has 4 nitrogen and oxygen atoms in total. The maximum Gasteiger partial charge on any atom is 0.143 e. The van der Waals surface area contributed by atoms with Crippen LogP contribution in [0.5, 0.6) is 0 Å². The van der Waals surface area contributed by atoms with Crippen LogP contribution in [0.3, 0.4) is 0 Å². The summed E-state index contributed by atoms with van der Waals surface area (Å²) in [6.07, 6.45) is 3.93. The van der Waals surface area contributed by atoms with Crippen LogP contribution in [-0.4, -0.2) is 25.5 Å². The van der Waals surface area contributed by atoms with Crippen LogP contribution in [0, 0.1) is 5.92 Å². The summed E-state index contributed by atoms with van der Waals surface area (Å²) < 4.78 is 2.02. The highest BCUT2D eigenvalue weighted by molar-refractivity contribution is 7.99. The lowest BCUT2D eigenvalue weighted by Crippen LogP contribution is -2.43. The van der Waals surface area contributed by atoms with E-state index in [0.717, 1.165) is 29.4 Å². The first-order chi connectivity index (χ1) is 10.0. The molecule has 0 bridgehead atoms. The first-order valence-corrected chi connectivity index (χ1v) is 8.57. The summed E-state index contributed by atoms with van der Waals surface area (Å²) in [4.78, 5) is 4.40. The van der Waals surface area contributed by atoms with Crippen molar-refractivity contribution >= 4 is 23.4 Å². The lowest BCUT2D eigenvalue weighted by Gasteiger charge is -2.46. The highest BCUT2D eigenvalue weighted by atomic mass is 35.5. The van der Waals surface area contributed by atoms with Gasteiger partial charge in [0.05, 0.1) is 10.4 Å². The zero-order valence-electron chi connectivity index (χ0n) is 12.5. The average Bonchev–Trinajstić information content (AvgIpc) is 2.81. The second kappa shape index (κ2) is 5.61. The van der Waals surface area contributed by atoms with Crippen molar-refractivity contribution in [1.82, 2.24) is 19.7 Å². The van der Waals surface area contributed by atoms with Crippen molar-refractivity contribution in [2.24, 2.45) is 13.0 Å². The van der Waals surface area contributed by atoms with Gasteiger partial charge in [-0.3, -0.25) is 0 Å². The molecule has 1 fully saturated rings. The van der Waals surface area contributed by atoms with Crippen LogP contribution < -0.4 is 0 Å². The second-order valence-corrected chi connectivity index (χ2v) is 7.48. The lowest BCUT2D eigenvalue weighted by molar-refractivity contribution is 0.185. The average molecular weight is 323 g/mol. The molecule has 0 aromatic carbocycles. The number of aromatic nitrogens is 4. The number of rotatable bonds is 4. The summed E-state index contributed by atoms with van der Waals surface area (Å²) in [5, 5.41) is 9.98. The van der Waals surface area contributed by atoms with E-state index in [4.69, 9.17) is 11.6 Å². The van der Waals surface area contributed by atoms with Gasteiger partial charge in [0.1, 0.15) is 17.3 Å².